The molecule has 2 rings (SSSR count). The summed E-state index contributed by atoms with van der Waals surface area (Å²) in [6, 6.07) is 11.9. The van der Waals surface area contributed by atoms with Crippen LogP contribution in [0.2, 0.25) is 0 Å². The molecule has 2 aromatic rings. The maximum absolute atomic E-state index is 12.5. The fraction of sp³-hybridized carbons (Fsp3) is 0.423. The number of unbranched alkanes of at least 4 members (excludes halogenated alkanes) is 3. The highest BCUT2D eigenvalue weighted by atomic mass is 16.5. The van der Waals surface area contributed by atoms with Crippen molar-refractivity contribution in [1.82, 2.24) is 0 Å². The van der Waals surface area contributed by atoms with E-state index in [-0.39, 0.29) is 5.91 Å². The molecule has 0 saturated heterocycles. The highest BCUT2D eigenvalue weighted by molar-refractivity contribution is 6.02. The first kappa shape index (κ1) is 23.5. The zero-order valence-corrected chi connectivity index (χ0v) is 18.8. The SMILES string of the molecule is CCCCCCOc1ccc(C=CC(=O)Nc2c(CC)cccc2CC)cc1OC. The highest BCUT2D eigenvalue weighted by Crippen LogP contribution is 2.29. The molecule has 0 atom stereocenters. The minimum Gasteiger partial charge on any atom is -0.493 e. The lowest BCUT2D eigenvalue weighted by molar-refractivity contribution is -0.111. The molecular formula is C26H35NO3. The molecule has 0 heterocycles. The lowest BCUT2D eigenvalue weighted by Crippen LogP contribution is -2.11. The van der Waals surface area contributed by atoms with Gasteiger partial charge in [0.25, 0.3) is 0 Å². The van der Waals surface area contributed by atoms with E-state index in [1.54, 1.807) is 19.3 Å². The highest BCUT2D eigenvalue weighted by Gasteiger charge is 2.09. The molecule has 0 radical (unpaired) electrons. The second-order valence-electron chi connectivity index (χ2n) is 7.30. The molecule has 2 aromatic carbocycles. The van der Waals surface area contributed by atoms with Gasteiger partial charge in [0, 0.05) is 11.8 Å². The van der Waals surface area contributed by atoms with Crippen molar-refractivity contribution in [1.29, 1.82) is 0 Å². The third-order valence-electron chi connectivity index (χ3n) is 5.12. The quantitative estimate of drug-likeness (QED) is 0.324. The van der Waals surface area contributed by atoms with Gasteiger partial charge in [0.15, 0.2) is 11.5 Å². The lowest BCUT2D eigenvalue weighted by atomic mass is 10.0. The molecule has 4 nitrogen and oxygen atoms in total. The monoisotopic (exact) mass is 409 g/mol. The van der Waals surface area contributed by atoms with Crippen molar-refractivity contribution >= 4 is 17.7 Å². The summed E-state index contributed by atoms with van der Waals surface area (Å²) in [5.74, 6) is 1.28. The molecule has 1 N–H and O–H groups in total. The third kappa shape index (κ3) is 6.94. The number of aryl methyl sites for hydroxylation is 2. The van der Waals surface area contributed by atoms with Gasteiger partial charge in [0.05, 0.1) is 13.7 Å². The number of carbonyl (C=O) groups is 1. The van der Waals surface area contributed by atoms with Gasteiger partial charge >= 0.3 is 0 Å². The van der Waals surface area contributed by atoms with Gasteiger partial charge in [-0.15, -0.1) is 0 Å². The molecule has 1 amide bonds. The molecule has 0 aliphatic carbocycles. The van der Waals surface area contributed by atoms with Gasteiger partial charge in [-0.1, -0.05) is 64.3 Å². The van der Waals surface area contributed by atoms with Crippen LogP contribution < -0.4 is 14.8 Å². The van der Waals surface area contributed by atoms with Gasteiger partial charge in [-0.05, 0) is 54.2 Å². The zero-order valence-electron chi connectivity index (χ0n) is 18.8. The molecule has 0 aliphatic heterocycles. The van der Waals surface area contributed by atoms with Crippen molar-refractivity contribution in [2.24, 2.45) is 0 Å². The Morgan fingerprint density at radius 1 is 0.967 bits per heavy atom. The van der Waals surface area contributed by atoms with Crippen LogP contribution in [0.25, 0.3) is 6.08 Å². The number of methoxy groups -OCH3 is 1. The van der Waals surface area contributed by atoms with Crippen molar-refractivity contribution in [2.45, 2.75) is 59.3 Å². The lowest BCUT2D eigenvalue weighted by Gasteiger charge is -2.13. The Balaban J connectivity index is 2.03. The van der Waals surface area contributed by atoms with Gasteiger partial charge in [-0.25, -0.2) is 0 Å². The Labute approximate surface area is 181 Å². The van der Waals surface area contributed by atoms with E-state index in [2.05, 4.69) is 38.2 Å². The zero-order chi connectivity index (χ0) is 21.8. The molecule has 0 unspecified atom stereocenters. The van der Waals surface area contributed by atoms with Crippen LogP contribution in [0.15, 0.2) is 42.5 Å². The first-order valence-corrected chi connectivity index (χ1v) is 11.0. The summed E-state index contributed by atoms with van der Waals surface area (Å²) in [6.45, 7) is 7.08. The van der Waals surface area contributed by atoms with E-state index in [4.69, 9.17) is 9.47 Å². The second kappa shape index (κ2) is 12.7. The molecule has 0 saturated carbocycles. The maximum atomic E-state index is 12.5. The summed E-state index contributed by atoms with van der Waals surface area (Å²) < 4.78 is 11.3. The van der Waals surface area contributed by atoms with Crippen molar-refractivity contribution in [3.8, 4) is 11.5 Å². The van der Waals surface area contributed by atoms with Crippen LogP contribution in [0.1, 0.15) is 63.1 Å². The largest absolute Gasteiger partial charge is 0.493 e. The standard InChI is InChI=1S/C26H35NO3/c1-5-8-9-10-18-30-23-16-14-20(19-24(23)29-4)15-17-25(28)27-26-21(6-2)12-11-13-22(26)7-3/h11-17,19H,5-10,18H2,1-4H3,(H,27,28). The molecule has 0 fully saturated rings. The summed E-state index contributed by atoms with van der Waals surface area (Å²) in [4.78, 5) is 12.5. The number of hydrogen-bond acceptors (Lipinski definition) is 3. The second-order valence-corrected chi connectivity index (χ2v) is 7.30. The normalized spacial score (nSPS) is 10.9. The maximum Gasteiger partial charge on any atom is 0.248 e. The van der Waals surface area contributed by atoms with E-state index in [1.165, 1.54) is 19.3 Å². The van der Waals surface area contributed by atoms with E-state index < -0.39 is 0 Å². The number of rotatable bonds is 12. The Morgan fingerprint density at radius 3 is 2.33 bits per heavy atom. The number of ether oxygens (including phenoxy) is 2. The number of amides is 1. The first-order chi connectivity index (χ1) is 14.6. The number of para-hydroxylation sites is 1. The Morgan fingerprint density at radius 2 is 1.70 bits per heavy atom. The molecule has 162 valence electrons. The Kier molecular flexibility index (Phi) is 9.99. The van der Waals surface area contributed by atoms with E-state index in [1.807, 2.05) is 24.3 Å². The third-order valence-corrected chi connectivity index (χ3v) is 5.12. The summed E-state index contributed by atoms with van der Waals surface area (Å²) in [5.41, 5.74) is 4.12. The molecular weight excluding hydrogens is 374 g/mol. The number of benzene rings is 2. The van der Waals surface area contributed by atoms with Gasteiger partial charge in [-0.3, -0.25) is 4.79 Å². The number of anilines is 1. The van der Waals surface area contributed by atoms with Crippen molar-refractivity contribution in [3.05, 3.63) is 59.2 Å². The van der Waals surface area contributed by atoms with Gasteiger partial charge < -0.3 is 14.8 Å². The molecule has 4 heteroatoms. The van der Waals surface area contributed by atoms with Gasteiger partial charge in [0.1, 0.15) is 0 Å². The van der Waals surface area contributed by atoms with E-state index in [0.29, 0.717) is 12.4 Å². The van der Waals surface area contributed by atoms with Crippen LogP contribution in [0.5, 0.6) is 11.5 Å². The fourth-order valence-electron chi connectivity index (χ4n) is 3.36. The summed E-state index contributed by atoms with van der Waals surface area (Å²) in [6.07, 6.45) is 9.77. The van der Waals surface area contributed by atoms with Crippen molar-refractivity contribution < 1.29 is 14.3 Å². The van der Waals surface area contributed by atoms with Crippen LogP contribution in [-0.4, -0.2) is 19.6 Å². The van der Waals surface area contributed by atoms with Gasteiger partial charge in [0.2, 0.25) is 5.91 Å². The van der Waals surface area contributed by atoms with E-state index in [0.717, 1.165) is 47.4 Å². The number of carbonyl (C=O) groups excluding carboxylic acids is 1. The molecule has 0 aliphatic rings. The topological polar surface area (TPSA) is 47.6 Å². The number of hydrogen-bond donors (Lipinski definition) is 1. The summed E-state index contributed by atoms with van der Waals surface area (Å²) in [7, 11) is 1.63. The Bertz CT molecular complexity index is 820. The van der Waals surface area contributed by atoms with Crippen LogP contribution in [-0.2, 0) is 17.6 Å². The number of nitrogens with one attached hydrogen (secondary N) is 1. The van der Waals surface area contributed by atoms with Crippen LogP contribution in [0.3, 0.4) is 0 Å². The predicted molar refractivity (Wildman–Crippen MR) is 125 cm³/mol. The summed E-state index contributed by atoms with van der Waals surface area (Å²) >= 11 is 0. The predicted octanol–water partition coefficient (Wildman–Crippen LogP) is 6.43. The Hall–Kier alpha value is -2.75. The molecule has 30 heavy (non-hydrogen) atoms. The van der Waals surface area contributed by atoms with E-state index in [9.17, 15) is 4.79 Å². The summed E-state index contributed by atoms with van der Waals surface area (Å²) in [5, 5.41) is 3.05. The smallest absolute Gasteiger partial charge is 0.248 e. The van der Waals surface area contributed by atoms with Gasteiger partial charge in [-0.2, -0.15) is 0 Å². The minimum absolute atomic E-state index is 0.138. The van der Waals surface area contributed by atoms with Crippen LogP contribution in [0.4, 0.5) is 5.69 Å². The van der Waals surface area contributed by atoms with Crippen molar-refractivity contribution in [3.63, 3.8) is 0 Å². The molecule has 0 bridgehead atoms. The van der Waals surface area contributed by atoms with Crippen LogP contribution >= 0.6 is 0 Å². The molecule has 0 aromatic heterocycles. The minimum atomic E-state index is -0.138. The average molecular weight is 410 g/mol. The van der Waals surface area contributed by atoms with Crippen molar-refractivity contribution in [2.75, 3.05) is 19.0 Å². The first-order valence-electron chi connectivity index (χ1n) is 11.0. The van der Waals surface area contributed by atoms with Crippen LogP contribution in [0, 0.1) is 0 Å². The van der Waals surface area contributed by atoms with E-state index >= 15 is 0 Å². The average Bonchev–Trinajstić information content (AvgIpc) is 2.78. The molecule has 0 spiro atoms. The fourth-order valence-corrected chi connectivity index (χ4v) is 3.36.